The van der Waals surface area contributed by atoms with Crippen molar-refractivity contribution in [2.75, 3.05) is 31.1 Å². The lowest BCUT2D eigenvalue weighted by Gasteiger charge is -2.31. The van der Waals surface area contributed by atoms with Gasteiger partial charge in [0.25, 0.3) is 6.01 Å². The molecule has 4 rings (SSSR count). The highest BCUT2D eigenvalue weighted by atomic mass is 16.5. The van der Waals surface area contributed by atoms with Crippen LogP contribution in [0.25, 0.3) is 11.2 Å². The molecule has 0 aliphatic carbocycles. The minimum Gasteiger partial charge on any atom is -0.494 e. The van der Waals surface area contributed by atoms with E-state index in [4.69, 9.17) is 9.15 Å². The number of aromatic nitrogens is 2. The lowest BCUT2D eigenvalue weighted by Crippen LogP contribution is -2.38. The largest absolute Gasteiger partial charge is 0.494 e. The highest BCUT2D eigenvalue weighted by molar-refractivity contribution is 5.76. The van der Waals surface area contributed by atoms with E-state index in [1.165, 1.54) is 0 Å². The van der Waals surface area contributed by atoms with Crippen molar-refractivity contribution >= 4 is 23.2 Å². The molecule has 1 aliphatic heterocycles. The second-order valence-corrected chi connectivity index (χ2v) is 7.34. The van der Waals surface area contributed by atoms with Crippen LogP contribution in [0.15, 0.2) is 53.1 Å². The maximum Gasteiger partial charge on any atom is 0.299 e. The molecule has 1 unspecified atom stereocenters. The predicted octanol–water partition coefficient (Wildman–Crippen LogP) is 3.41. The number of carbonyl (C=O) groups is 1. The smallest absolute Gasteiger partial charge is 0.299 e. The number of carbonyl (C=O) groups excluding carboxylic acids is 1. The van der Waals surface area contributed by atoms with E-state index in [1.54, 1.807) is 6.20 Å². The second kappa shape index (κ2) is 9.41. The Balaban J connectivity index is 1.19. The summed E-state index contributed by atoms with van der Waals surface area (Å²) < 4.78 is 11.5. The molecule has 1 aromatic carbocycles. The van der Waals surface area contributed by atoms with E-state index in [-0.39, 0.29) is 5.91 Å². The molecule has 1 amide bonds. The van der Waals surface area contributed by atoms with Gasteiger partial charge in [-0.3, -0.25) is 4.79 Å². The zero-order valence-corrected chi connectivity index (χ0v) is 16.4. The van der Waals surface area contributed by atoms with Gasteiger partial charge in [0, 0.05) is 32.3 Å². The molecule has 0 bridgehead atoms. The van der Waals surface area contributed by atoms with Crippen molar-refractivity contribution in [3.8, 4) is 5.75 Å². The average molecular weight is 394 g/mol. The maximum atomic E-state index is 12.3. The number of nitrogens with one attached hydrogen (secondary N) is 1. The van der Waals surface area contributed by atoms with E-state index < -0.39 is 0 Å². The third-order valence-electron chi connectivity index (χ3n) is 5.07. The summed E-state index contributed by atoms with van der Waals surface area (Å²) in [6.07, 6.45) is 5.08. The number of pyridine rings is 1. The third kappa shape index (κ3) is 5.25. The van der Waals surface area contributed by atoms with Gasteiger partial charge in [-0.2, -0.15) is 4.98 Å². The van der Waals surface area contributed by atoms with Gasteiger partial charge < -0.3 is 19.4 Å². The summed E-state index contributed by atoms with van der Waals surface area (Å²) >= 11 is 0. The van der Waals surface area contributed by atoms with Crippen molar-refractivity contribution < 1.29 is 13.9 Å². The SMILES string of the molecule is O=C(CC1CCCN(c2nc3ncccc3o2)C1)NCCCOc1ccccc1. The normalized spacial score (nSPS) is 16.7. The van der Waals surface area contributed by atoms with Crippen LogP contribution in [0.2, 0.25) is 0 Å². The number of para-hydroxylation sites is 1. The Labute approximate surface area is 170 Å². The van der Waals surface area contributed by atoms with Gasteiger partial charge >= 0.3 is 0 Å². The van der Waals surface area contributed by atoms with Gasteiger partial charge in [-0.1, -0.05) is 18.2 Å². The van der Waals surface area contributed by atoms with E-state index >= 15 is 0 Å². The number of ether oxygens (including phenoxy) is 1. The van der Waals surface area contributed by atoms with Crippen molar-refractivity contribution in [2.45, 2.75) is 25.7 Å². The molecule has 2 aromatic heterocycles. The van der Waals surface area contributed by atoms with Crippen LogP contribution in [0.5, 0.6) is 5.75 Å². The number of piperidine rings is 1. The van der Waals surface area contributed by atoms with Crippen LogP contribution in [0.4, 0.5) is 6.01 Å². The lowest BCUT2D eigenvalue weighted by molar-refractivity contribution is -0.122. The average Bonchev–Trinajstić information content (AvgIpc) is 3.19. The summed E-state index contributed by atoms with van der Waals surface area (Å²) in [5.74, 6) is 1.25. The summed E-state index contributed by atoms with van der Waals surface area (Å²) in [4.78, 5) is 23.1. The standard InChI is InChI=1S/C22H26N4O3/c27-20(23-12-6-14-28-18-8-2-1-3-9-18)15-17-7-5-13-26(16-17)22-25-21-19(29-22)10-4-11-24-21/h1-4,8-11,17H,5-7,12-16H2,(H,23,27). The molecule has 152 valence electrons. The van der Waals surface area contributed by atoms with Gasteiger partial charge in [-0.25, -0.2) is 4.98 Å². The van der Waals surface area contributed by atoms with Crippen molar-refractivity contribution in [3.63, 3.8) is 0 Å². The topological polar surface area (TPSA) is 80.5 Å². The predicted molar refractivity (Wildman–Crippen MR) is 111 cm³/mol. The Kier molecular flexibility index (Phi) is 6.24. The molecule has 29 heavy (non-hydrogen) atoms. The number of nitrogens with zero attached hydrogens (tertiary/aromatic N) is 3. The van der Waals surface area contributed by atoms with Crippen molar-refractivity contribution in [2.24, 2.45) is 5.92 Å². The molecule has 1 saturated heterocycles. The zero-order valence-electron chi connectivity index (χ0n) is 16.4. The summed E-state index contributed by atoms with van der Waals surface area (Å²) in [6.45, 7) is 2.88. The second-order valence-electron chi connectivity index (χ2n) is 7.34. The number of rotatable bonds is 8. The van der Waals surface area contributed by atoms with Gasteiger partial charge in [0.15, 0.2) is 5.58 Å². The fourth-order valence-electron chi connectivity index (χ4n) is 3.64. The van der Waals surface area contributed by atoms with Crippen molar-refractivity contribution in [3.05, 3.63) is 48.7 Å². The molecular formula is C22H26N4O3. The first kappa shape index (κ1) is 19.2. The van der Waals surface area contributed by atoms with E-state index in [0.29, 0.717) is 42.7 Å². The molecule has 3 aromatic rings. The number of benzene rings is 1. The maximum absolute atomic E-state index is 12.3. The van der Waals surface area contributed by atoms with Crippen LogP contribution >= 0.6 is 0 Å². The van der Waals surface area contributed by atoms with E-state index in [0.717, 1.165) is 38.1 Å². The summed E-state index contributed by atoms with van der Waals surface area (Å²) in [5, 5.41) is 3.01. The number of hydrogen-bond acceptors (Lipinski definition) is 6. The number of amides is 1. The minimum atomic E-state index is 0.0933. The molecule has 0 spiro atoms. The number of fused-ring (bicyclic) bond motifs is 1. The van der Waals surface area contributed by atoms with Gasteiger partial charge in [0.05, 0.1) is 6.61 Å². The molecule has 7 heteroatoms. The van der Waals surface area contributed by atoms with Crippen LogP contribution in [0.3, 0.4) is 0 Å². The van der Waals surface area contributed by atoms with Crippen LogP contribution in [-0.2, 0) is 4.79 Å². The third-order valence-corrected chi connectivity index (χ3v) is 5.07. The van der Waals surface area contributed by atoms with Gasteiger partial charge in [0.1, 0.15) is 5.75 Å². The Hall–Kier alpha value is -3.09. The molecule has 1 aliphatic rings. The van der Waals surface area contributed by atoms with E-state index in [9.17, 15) is 4.79 Å². The van der Waals surface area contributed by atoms with Gasteiger partial charge in [-0.05, 0) is 49.4 Å². The van der Waals surface area contributed by atoms with Crippen LogP contribution < -0.4 is 15.0 Å². The zero-order chi connectivity index (χ0) is 19.9. The number of oxazole rings is 1. The van der Waals surface area contributed by atoms with Crippen LogP contribution in [0, 0.1) is 5.92 Å². The first-order chi connectivity index (χ1) is 14.3. The monoisotopic (exact) mass is 394 g/mol. The Morgan fingerprint density at radius 2 is 2.14 bits per heavy atom. The molecule has 7 nitrogen and oxygen atoms in total. The first-order valence-electron chi connectivity index (χ1n) is 10.2. The minimum absolute atomic E-state index is 0.0933. The van der Waals surface area contributed by atoms with Crippen LogP contribution in [0.1, 0.15) is 25.7 Å². The van der Waals surface area contributed by atoms with Crippen molar-refractivity contribution in [1.29, 1.82) is 0 Å². The summed E-state index contributed by atoms with van der Waals surface area (Å²) in [5.41, 5.74) is 1.32. The Bertz CT molecular complexity index is 895. The van der Waals surface area contributed by atoms with Crippen molar-refractivity contribution in [1.82, 2.24) is 15.3 Å². The van der Waals surface area contributed by atoms with E-state index in [2.05, 4.69) is 20.2 Å². The highest BCUT2D eigenvalue weighted by Crippen LogP contribution is 2.26. The molecule has 0 saturated carbocycles. The quantitative estimate of drug-likeness (QED) is 0.590. The molecule has 1 N–H and O–H groups in total. The molecule has 0 radical (unpaired) electrons. The molecule has 1 fully saturated rings. The molecule has 1 atom stereocenters. The number of hydrogen-bond donors (Lipinski definition) is 1. The first-order valence-corrected chi connectivity index (χ1v) is 10.2. The summed E-state index contributed by atoms with van der Waals surface area (Å²) in [7, 11) is 0. The van der Waals surface area contributed by atoms with E-state index in [1.807, 2.05) is 42.5 Å². The van der Waals surface area contributed by atoms with Gasteiger partial charge in [-0.15, -0.1) is 0 Å². The Morgan fingerprint density at radius 3 is 3.00 bits per heavy atom. The lowest BCUT2D eigenvalue weighted by atomic mass is 9.94. The van der Waals surface area contributed by atoms with Gasteiger partial charge in [0.2, 0.25) is 11.6 Å². The summed E-state index contributed by atoms with van der Waals surface area (Å²) in [6, 6.07) is 14.0. The molecule has 3 heterocycles. The Morgan fingerprint density at radius 1 is 1.24 bits per heavy atom. The van der Waals surface area contributed by atoms with Crippen LogP contribution in [-0.4, -0.2) is 42.1 Å². The molecular weight excluding hydrogens is 368 g/mol. The fourth-order valence-corrected chi connectivity index (χ4v) is 3.64. The fraction of sp³-hybridized carbons (Fsp3) is 0.409. The number of anilines is 1. The highest BCUT2D eigenvalue weighted by Gasteiger charge is 2.25.